The van der Waals surface area contributed by atoms with Gasteiger partial charge in [0.15, 0.2) is 0 Å². The Hall–Kier alpha value is 0.314. The molecule has 3 nitrogen and oxygen atoms in total. The average molecular weight is 222 g/mol. The van der Waals surface area contributed by atoms with Gasteiger partial charge in [0.1, 0.15) is 0 Å². The molecule has 0 amide bonds. The molecule has 0 aliphatic heterocycles. The van der Waals surface area contributed by atoms with Gasteiger partial charge in [-0.05, 0) is 25.9 Å². The van der Waals surface area contributed by atoms with Crippen LogP contribution in [0.2, 0.25) is 12.1 Å². The van der Waals surface area contributed by atoms with Gasteiger partial charge in [0.25, 0.3) is 10.0 Å². The summed E-state index contributed by atoms with van der Waals surface area (Å²) in [5, 5.41) is 0. The predicted octanol–water partition coefficient (Wildman–Crippen LogP) is 1.56. The molecule has 0 bridgehead atoms. The van der Waals surface area contributed by atoms with Crippen LogP contribution in [0.25, 0.3) is 0 Å². The summed E-state index contributed by atoms with van der Waals surface area (Å²) in [5.41, 5.74) is 0. The first kappa shape index (κ1) is 13.3. The van der Waals surface area contributed by atoms with Crippen molar-refractivity contribution >= 4 is 18.6 Å². The maximum Gasteiger partial charge on any atom is 0.328 e. The summed E-state index contributed by atoms with van der Waals surface area (Å²) in [6.45, 7) is 9.83. The summed E-state index contributed by atoms with van der Waals surface area (Å²) >= 11 is 0. The Morgan fingerprint density at radius 3 is 2.00 bits per heavy atom. The molecule has 0 radical (unpaired) electrons. The number of hydrogen-bond donors (Lipinski definition) is 0. The molecule has 80 valence electrons. The SMILES string of the molecule is CCO[SiH2]O[Si](CC)(CC)OCC. The second-order valence-corrected chi connectivity index (χ2v) is 8.13. The minimum absolute atomic E-state index is 0.758. The molecule has 0 fully saturated rings. The van der Waals surface area contributed by atoms with E-state index in [-0.39, 0.29) is 0 Å². The highest BCUT2D eigenvalue weighted by molar-refractivity contribution is 6.71. The second kappa shape index (κ2) is 7.69. The van der Waals surface area contributed by atoms with Crippen LogP contribution in [0.3, 0.4) is 0 Å². The lowest BCUT2D eigenvalue weighted by molar-refractivity contribution is 0.225. The fraction of sp³-hybridized carbons (Fsp3) is 1.00. The fourth-order valence-corrected chi connectivity index (χ4v) is 5.96. The maximum absolute atomic E-state index is 5.84. The Kier molecular flexibility index (Phi) is 7.88. The van der Waals surface area contributed by atoms with Crippen molar-refractivity contribution in [3.63, 3.8) is 0 Å². The number of hydrogen-bond acceptors (Lipinski definition) is 3. The van der Waals surface area contributed by atoms with Gasteiger partial charge in [0.2, 0.25) is 0 Å². The van der Waals surface area contributed by atoms with Crippen LogP contribution >= 0.6 is 0 Å². The Morgan fingerprint density at radius 2 is 1.62 bits per heavy atom. The van der Waals surface area contributed by atoms with Crippen molar-refractivity contribution in [2.75, 3.05) is 13.2 Å². The summed E-state index contributed by atoms with van der Waals surface area (Å²) in [6, 6.07) is 2.05. The van der Waals surface area contributed by atoms with Gasteiger partial charge in [0.05, 0.1) is 0 Å². The molecule has 0 unspecified atom stereocenters. The monoisotopic (exact) mass is 222 g/mol. The molecule has 5 heteroatoms. The second-order valence-electron chi connectivity index (χ2n) is 2.81. The Balaban J connectivity index is 3.89. The normalized spacial score (nSPS) is 12.9. The zero-order chi connectivity index (χ0) is 10.2. The van der Waals surface area contributed by atoms with Crippen LogP contribution in [0.5, 0.6) is 0 Å². The lowest BCUT2D eigenvalue weighted by Crippen LogP contribution is -2.42. The van der Waals surface area contributed by atoms with E-state index in [0.717, 1.165) is 25.3 Å². The Labute approximate surface area is 85.1 Å². The molecule has 0 rings (SSSR count). The van der Waals surface area contributed by atoms with Crippen LogP contribution in [-0.2, 0) is 13.0 Å². The van der Waals surface area contributed by atoms with Gasteiger partial charge in [0, 0.05) is 13.2 Å². The molecular weight excluding hydrogens is 200 g/mol. The summed E-state index contributed by atoms with van der Waals surface area (Å²) in [4.78, 5) is 0. The first-order chi connectivity index (χ1) is 6.24. The van der Waals surface area contributed by atoms with Crippen LogP contribution in [0.4, 0.5) is 0 Å². The van der Waals surface area contributed by atoms with Crippen LogP contribution in [0.1, 0.15) is 27.7 Å². The van der Waals surface area contributed by atoms with Gasteiger partial charge in [-0.15, -0.1) is 0 Å². The molecule has 0 atom stereocenters. The van der Waals surface area contributed by atoms with Crippen molar-refractivity contribution in [2.45, 2.75) is 39.8 Å². The van der Waals surface area contributed by atoms with Crippen molar-refractivity contribution in [3.8, 4) is 0 Å². The third kappa shape index (κ3) is 4.92. The van der Waals surface area contributed by atoms with Crippen molar-refractivity contribution < 1.29 is 13.0 Å². The van der Waals surface area contributed by atoms with E-state index >= 15 is 0 Å². The largest absolute Gasteiger partial charge is 0.419 e. The molecule has 0 aromatic heterocycles. The standard InChI is InChI=1S/C8H22O3Si2/c1-5-9-12-11-13(7-3,8-4)10-6-2/h5-8,12H2,1-4H3. The maximum atomic E-state index is 5.84. The van der Waals surface area contributed by atoms with E-state index in [1.165, 1.54) is 0 Å². The van der Waals surface area contributed by atoms with Gasteiger partial charge >= 0.3 is 8.56 Å². The van der Waals surface area contributed by atoms with Gasteiger partial charge < -0.3 is 13.0 Å². The molecule has 0 N–H and O–H groups in total. The fourth-order valence-electron chi connectivity index (χ4n) is 1.20. The van der Waals surface area contributed by atoms with Crippen molar-refractivity contribution in [3.05, 3.63) is 0 Å². The van der Waals surface area contributed by atoms with E-state index in [0.29, 0.717) is 0 Å². The Morgan fingerprint density at radius 1 is 1.00 bits per heavy atom. The highest BCUT2D eigenvalue weighted by atomic mass is 28.4. The van der Waals surface area contributed by atoms with E-state index in [1.54, 1.807) is 0 Å². The topological polar surface area (TPSA) is 27.7 Å². The molecule has 0 saturated heterocycles. The van der Waals surface area contributed by atoms with E-state index < -0.39 is 18.6 Å². The van der Waals surface area contributed by atoms with Gasteiger partial charge in [-0.2, -0.15) is 0 Å². The molecule has 0 aromatic rings. The van der Waals surface area contributed by atoms with E-state index in [9.17, 15) is 0 Å². The molecule has 0 saturated carbocycles. The molecule has 13 heavy (non-hydrogen) atoms. The minimum atomic E-state index is -1.84. The highest BCUT2D eigenvalue weighted by Gasteiger charge is 2.32. The molecule has 0 heterocycles. The van der Waals surface area contributed by atoms with E-state index in [1.807, 2.05) is 13.8 Å². The molecule has 0 spiro atoms. The van der Waals surface area contributed by atoms with Crippen LogP contribution in [0.15, 0.2) is 0 Å². The van der Waals surface area contributed by atoms with Gasteiger partial charge in [-0.3, -0.25) is 0 Å². The first-order valence-corrected chi connectivity index (χ1v) is 8.48. The van der Waals surface area contributed by atoms with Crippen LogP contribution < -0.4 is 0 Å². The highest BCUT2D eigenvalue weighted by Crippen LogP contribution is 2.17. The molecule has 0 aliphatic carbocycles. The summed E-state index contributed by atoms with van der Waals surface area (Å²) in [7, 11) is -2.64. The zero-order valence-electron chi connectivity index (χ0n) is 9.26. The quantitative estimate of drug-likeness (QED) is 0.461. The third-order valence-electron chi connectivity index (χ3n) is 2.09. The lowest BCUT2D eigenvalue weighted by Gasteiger charge is -2.28. The summed E-state index contributed by atoms with van der Waals surface area (Å²) in [5.74, 6) is 0. The van der Waals surface area contributed by atoms with Crippen LogP contribution in [0, 0.1) is 0 Å². The molecule has 0 aromatic carbocycles. The minimum Gasteiger partial charge on any atom is -0.419 e. The number of rotatable bonds is 8. The zero-order valence-corrected chi connectivity index (χ0v) is 11.7. The Bertz CT molecular complexity index is 118. The summed E-state index contributed by atoms with van der Waals surface area (Å²) < 4.78 is 16.9. The molecule has 0 aliphatic rings. The van der Waals surface area contributed by atoms with Crippen molar-refractivity contribution in [1.82, 2.24) is 0 Å². The third-order valence-corrected chi connectivity index (χ3v) is 8.21. The lowest BCUT2D eigenvalue weighted by atomic mass is 10.9. The smallest absolute Gasteiger partial charge is 0.328 e. The average Bonchev–Trinajstić information content (AvgIpc) is 2.17. The van der Waals surface area contributed by atoms with Crippen molar-refractivity contribution in [1.29, 1.82) is 0 Å². The van der Waals surface area contributed by atoms with E-state index in [2.05, 4.69) is 13.8 Å². The first-order valence-electron chi connectivity index (χ1n) is 5.10. The van der Waals surface area contributed by atoms with Gasteiger partial charge in [-0.25, -0.2) is 0 Å². The van der Waals surface area contributed by atoms with Crippen LogP contribution in [-0.4, -0.2) is 31.8 Å². The van der Waals surface area contributed by atoms with Crippen molar-refractivity contribution in [2.24, 2.45) is 0 Å². The summed E-state index contributed by atoms with van der Waals surface area (Å²) in [6.07, 6.45) is 0. The molecular formula is C8H22O3Si2. The van der Waals surface area contributed by atoms with Gasteiger partial charge in [-0.1, -0.05) is 13.8 Å². The van der Waals surface area contributed by atoms with E-state index in [4.69, 9.17) is 13.0 Å². The predicted molar refractivity (Wildman–Crippen MR) is 59.6 cm³/mol.